The Balaban J connectivity index is 1.26. The number of fused-ring (bicyclic) bond motifs is 2. The molecular weight excluding hydrogens is 519 g/mol. The molecule has 6 rings (SSSR count). The number of aliphatic hydroxyl groups is 2. The zero-order chi connectivity index (χ0) is 27.3. The number of nitrogens with zero attached hydrogens (tertiary/aromatic N) is 2. The minimum atomic E-state index is -4.64. The van der Waals surface area contributed by atoms with Crippen LogP contribution in [0, 0.1) is 0 Å². The van der Waals surface area contributed by atoms with Crippen LogP contribution in [0.25, 0.3) is 27.9 Å². The topological polar surface area (TPSA) is 117 Å². The summed E-state index contributed by atoms with van der Waals surface area (Å²) in [6.07, 6.45) is -4.39. The van der Waals surface area contributed by atoms with E-state index in [4.69, 9.17) is 19.3 Å². The molecule has 0 bridgehead atoms. The SMILES string of the molecule is O=C(CO)N1CC=C(c2ccc(-c3nc4cc(O[C@@H]5CO[C@H]6[C@@H]5OC[C@H]6O)[nH]c4cc3C(F)(F)F)cc2)CC1. The number of rotatable bonds is 5. The van der Waals surface area contributed by atoms with Gasteiger partial charge in [0, 0.05) is 24.7 Å². The third kappa shape index (κ3) is 4.89. The van der Waals surface area contributed by atoms with Crippen molar-refractivity contribution in [2.24, 2.45) is 0 Å². The predicted molar refractivity (Wildman–Crippen MR) is 133 cm³/mol. The molecule has 2 aromatic heterocycles. The summed E-state index contributed by atoms with van der Waals surface area (Å²) in [5.41, 5.74) is 1.54. The predicted octanol–water partition coefficient (Wildman–Crippen LogP) is 2.76. The van der Waals surface area contributed by atoms with Crippen LogP contribution in [-0.4, -0.2) is 88.3 Å². The largest absolute Gasteiger partial charge is 0.470 e. The lowest BCUT2D eigenvalue weighted by Gasteiger charge is -2.26. The molecule has 3 N–H and O–H groups in total. The molecule has 0 radical (unpaired) electrons. The molecule has 12 heteroatoms. The van der Waals surface area contributed by atoms with Gasteiger partial charge in [0.05, 0.1) is 35.5 Å². The molecule has 0 spiro atoms. The molecule has 0 aliphatic carbocycles. The Morgan fingerprint density at radius 3 is 2.56 bits per heavy atom. The highest BCUT2D eigenvalue weighted by atomic mass is 19.4. The number of amides is 1. The van der Waals surface area contributed by atoms with E-state index in [0.717, 1.165) is 17.2 Å². The molecule has 2 saturated heterocycles. The zero-order valence-corrected chi connectivity index (χ0v) is 20.6. The lowest BCUT2D eigenvalue weighted by Crippen LogP contribution is -2.36. The quantitative estimate of drug-likeness (QED) is 0.452. The van der Waals surface area contributed by atoms with Crippen molar-refractivity contribution in [1.29, 1.82) is 0 Å². The molecule has 0 unspecified atom stereocenters. The van der Waals surface area contributed by atoms with Gasteiger partial charge in [-0.15, -0.1) is 0 Å². The molecule has 4 atom stereocenters. The van der Waals surface area contributed by atoms with E-state index in [1.165, 1.54) is 0 Å². The zero-order valence-electron chi connectivity index (χ0n) is 20.6. The van der Waals surface area contributed by atoms with E-state index in [-0.39, 0.29) is 36.2 Å². The van der Waals surface area contributed by atoms with Gasteiger partial charge < -0.3 is 34.3 Å². The summed E-state index contributed by atoms with van der Waals surface area (Å²) in [7, 11) is 0. The number of benzene rings is 1. The number of H-pyrrole nitrogens is 1. The molecule has 206 valence electrons. The number of nitrogens with one attached hydrogen (secondary N) is 1. The van der Waals surface area contributed by atoms with Gasteiger partial charge in [-0.25, -0.2) is 4.98 Å². The Bertz CT molecular complexity index is 1420. The number of aromatic amines is 1. The number of carbonyl (C=O) groups excluding carboxylic acids is 1. The Hall–Kier alpha value is -3.45. The second-order valence-electron chi connectivity index (χ2n) is 9.82. The second kappa shape index (κ2) is 9.94. The van der Waals surface area contributed by atoms with Crippen LogP contribution in [0.15, 0.2) is 42.5 Å². The summed E-state index contributed by atoms with van der Waals surface area (Å²) < 4.78 is 59.3. The van der Waals surface area contributed by atoms with Crippen LogP contribution in [-0.2, 0) is 20.4 Å². The first-order chi connectivity index (χ1) is 18.7. The lowest BCUT2D eigenvalue weighted by atomic mass is 9.96. The van der Waals surface area contributed by atoms with Gasteiger partial charge in [0.2, 0.25) is 5.91 Å². The van der Waals surface area contributed by atoms with Crippen molar-refractivity contribution in [2.75, 3.05) is 32.9 Å². The first kappa shape index (κ1) is 25.8. The van der Waals surface area contributed by atoms with E-state index in [2.05, 4.69) is 9.97 Å². The number of alkyl halides is 3. The standard InChI is InChI=1S/C27H26F3N3O6/c28-27(29,30)17-9-18-19(10-22(31-18)39-21-13-38-25-20(35)12-37-26(21)25)32-24(17)16-3-1-14(2-4-16)15-5-7-33(8-6-15)23(36)11-34/h1-5,9-10,20-21,25-26,31,34-35H,6-8,11-13H2/t20-,21-,25-,26-/m1/s1. The van der Waals surface area contributed by atoms with Crippen molar-refractivity contribution in [3.8, 4) is 17.1 Å². The van der Waals surface area contributed by atoms with Gasteiger partial charge in [-0.05, 0) is 23.6 Å². The number of aliphatic hydroxyl groups excluding tert-OH is 2. The molecular formula is C27H26F3N3O6. The van der Waals surface area contributed by atoms with Crippen molar-refractivity contribution in [1.82, 2.24) is 14.9 Å². The van der Waals surface area contributed by atoms with E-state index in [1.807, 2.05) is 6.08 Å². The first-order valence-corrected chi connectivity index (χ1v) is 12.6. The average Bonchev–Trinajstić information content (AvgIpc) is 3.63. The van der Waals surface area contributed by atoms with Gasteiger partial charge in [-0.1, -0.05) is 30.3 Å². The fourth-order valence-corrected chi connectivity index (χ4v) is 5.34. The molecule has 39 heavy (non-hydrogen) atoms. The fraction of sp³-hybridized carbons (Fsp3) is 0.407. The van der Waals surface area contributed by atoms with Crippen molar-refractivity contribution in [3.05, 3.63) is 53.6 Å². The Kier molecular flexibility index (Phi) is 6.58. The monoisotopic (exact) mass is 545 g/mol. The maximum absolute atomic E-state index is 14.1. The third-order valence-corrected chi connectivity index (χ3v) is 7.37. The van der Waals surface area contributed by atoms with Gasteiger partial charge in [0.15, 0.2) is 12.0 Å². The third-order valence-electron chi connectivity index (χ3n) is 7.37. The number of carbonyl (C=O) groups is 1. The summed E-state index contributed by atoms with van der Waals surface area (Å²) in [5.74, 6) is -0.109. The summed E-state index contributed by atoms with van der Waals surface area (Å²) in [5, 5.41) is 19.0. The smallest absolute Gasteiger partial charge is 0.418 e. The highest BCUT2D eigenvalue weighted by Gasteiger charge is 2.48. The molecule has 0 saturated carbocycles. The number of hydrogen-bond donors (Lipinski definition) is 3. The molecule has 9 nitrogen and oxygen atoms in total. The van der Waals surface area contributed by atoms with Crippen LogP contribution in [0.5, 0.6) is 5.88 Å². The minimum absolute atomic E-state index is 0.139. The summed E-state index contributed by atoms with van der Waals surface area (Å²) >= 11 is 0. The molecule has 2 fully saturated rings. The number of aromatic nitrogens is 2. The van der Waals surface area contributed by atoms with Crippen molar-refractivity contribution in [2.45, 2.75) is 37.0 Å². The van der Waals surface area contributed by atoms with Crippen LogP contribution in [0.3, 0.4) is 0 Å². The Labute approximate surface area is 220 Å². The Morgan fingerprint density at radius 2 is 1.87 bits per heavy atom. The van der Waals surface area contributed by atoms with E-state index in [0.29, 0.717) is 30.6 Å². The van der Waals surface area contributed by atoms with Crippen LogP contribution < -0.4 is 4.74 Å². The van der Waals surface area contributed by atoms with Gasteiger partial charge >= 0.3 is 6.18 Å². The maximum Gasteiger partial charge on any atom is 0.418 e. The highest BCUT2D eigenvalue weighted by Crippen LogP contribution is 2.39. The maximum atomic E-state index is 14.1. The average molecular weight is 546 g/mol. The summed E-state index contributed by atoms with van der Waals surface area (Å²) in [6, 6.07) is 9.27. The van der Waals surface area contributed by atoms with Gasteiger partial charge in [0.25, 0.3) is 0 Å². The summed E-state index contributed by atoms with van der Waals surface area (Å²) in [6.45, 7) is 0.612. The molecule has 5 heterocycles. The van der Waals surface area contributed by atoms with Crippen LogP contribution in [0.1, 0.15) is 17.5 Å². The normalized spacial score (nSPS) is 25.2. The Morgan fingerprint density at radius 1 is 1.13 bits per heavy atom. The minimum Gasteiger partial charge on any atom is -0.470 e. The highest BCUT2D eigenvalue weighted by molar-refractivity contribution is 5.83. The van der Waals surface area contributed by atoms with E-state index in [9.17, 15) is 23.1 Å². The van der Waals surface area contributed by atoms with Gasteiger partial charge in [-0.3, -0.25) is 4.79 Å². The van der Waals surface area contributed by atoms with Crippen molar-refractivity contribution < 1.29 is 42.4 Å². The van der Waals surface area contributed by atoms with Crippen molar-refractivity contribution >= 4 is 22.5 Å². The van der Waals surface area contributed by atoms with E-state index in [1.54, 1.807) is 35.2 Å². The number of pyridine rings is 1. The van der Waals surface area contributed by atoms with Crippen LogP contribution in [0.2, 0.25) is 0 Å². The summed E-state index contributed by atoms with van der Waals surface area (Å²) in [4.78, 5) is 20.4. The molecule has 1 aromatic carbocycles. The van der Waals surface area contributed by atoms with Crippen LogP contribution >= 0.6 is 0 Å². The number of ether oxygens (including phenoxy) is 3. The van der Waals surface area contributed by atoms with Gasteiger partial charge in [-0.2, -0.15) is 13.2 Å². The second-order valence-corrected chi connectivity index (χ2v) is 9.82. The van der Waals surface area contributed by atoms with Crippen molar-refractivity contribution in [3.63, 3.8) is 0 Å². The lowest BCUT2D eigenvalue weighted by molar-refractivity contribution is -0.137. The van der Waals surface area contributed by atoms with Crippen LogP contribution in [0.4, 0.5) is 13.2 Å². The fourth-order valence-electron chi connectivity index (χ4n) is 5.34. The molecule has 3 aromatic rings. The van der Waals surface area contributed by atoms with E-state index < -0.39 is 42.8 Å². The number of halogens is 3. The molecule has 3 aliphatic rings. The van der Waals surface area contributed by atoms with E-state index >= 15 is 0 Å². The molecule has 3 aliphatic heterocycles. The number of hydrogen-bond acceptors (Lipinski definition) is 7. The first-order valence-electron chi connectivity index (χ1n) is 12.6. The van der Waals surface area contributed by atoms with Gasteiger partial charge in [0.1, 0.15) is 24.9 Å². The molecule has 1 amide bonds.